The Morgan fingerprint density at radius 2 is 1.12 bits per heavy atom. The molecule has 0 radical (unpaired) electrons. The fraction of sp³-hybridized carbons (Fsp3) is 0.581. The molecule has 21 heteroatoms. The number of fused-ring (bicyclic) bond motifs is 2. The number of anilines is 2. The summed E-state index contributed by atoms with van der Waals surface area (Å²) in [5, 5.41) is 8.09. The molecule has 0 aromatic carbocycles. The molecule has 52 heavy (non-hydrogen) atoms. The number of likely N-dealkylation sites (N-methyl/N-ethyl adjacent to an activating group) is 1. The molecule has 21 nitrogen and oxygen atoms in total. The largest absolute Gasteiger partial charge is 0.382 e. The molecule has 0 fully saturated rings. The number of ether oxygens (including phenoxy) is 4. The van der Waals surface area contributed by atoms with Gasteiger partial charge < -0.3 is 60.4 Å². The van der Waals surface area contributed by atoms with Crippen LogP contribution in [0.3, 0.4) is 0 Å². The van der Waals surface area contributed by atoms with Crippen LogP contribution in [0.25, 0.3) is 22.3 Å². The van der Waals surface area contributed by atoms with Crippen LogP contribution in [0, 0.1) is 0 Å². The smallest absolute Gasteiger partial charge is 0.221 e. The second kappa shape index (κ2) is 24.2. The van der Waals surface area contributed by atoms with E-state index in [1.807, 2.05) is 14.1 Å². The first-order valence-corrected chi connectivity index (χ1v) is 16.8. The Morgan fingerprint density at radius 1 is 0.673 bits per heavy atom. The second-order valence-corrected chi connectivity index (χ2v) is 11.3. The summed E-state index contributed by atoms with van der Waals surface area (Å²) in [5.74, 6) is 0.508. The minimum atomic E-state index is -0.0892. The first-order valence-electron chi connectivity index (χ1n) is 16.8. The molecule has 0 saturated heterocycles. The minimum absolute atomic E-state index is 0.0558. The molecular weight excluding hydrogens is 680 g/mol. The van der Waals surface area contributed by atoms with Gasteiger partial charge in [0.25, 0.3) is 0 Å². The maximum Gasteiger partial charge on any atom is 0.221 e. The van der Waals surface area contributed by atoms with Gasteiger partial charge >= 0.3 is 0 Å². The first-order chi connectivity index (χ1) is 25.3. The quantitative estimate of drug-likeness (QED) is 0.0372. The molecule has 0 aliphatic rings. The number of nitrogens with one attached hydrogen (secondary N) is 3. The van der Waals surface area contributed by atoms with Crippen LogP contribution < -0.4 is 27.4 Å². The van der Waals surface area contributed by atoms with Gasteiger partial charge in [-0.05, 0) is 14.1 Å². The summed E-state index contributed by atoms with van der Waals surface area (Å²) in [5.41, 5.74) is 13.8. The van der Waals surface area contributed by atoms with Gasteiger partial charge in [-0.3, -0.25) is 14.4 Å². The summed E-state index contributed by atoms with van der Waals surface area (Å²) in [7, 11) is 4.00. The number of aromatic nitrogens is 8. The molecule has 7 N–H and O–H groups in total. The van der Waals surface area contributed by atoms with Crippen LogP contribution in [0.2, 0.25) is 0 Å². The number of imidazole rings is 2. The summed E-state index contributed by atoms with van der Waals surface area (Å²) in [6.45, 7) is 7.11. The topological polar surface area (TPSA) is 267 Å². The van der Waals surface area contributed by atoms with Gasteiger partial charge in [-0.2, -0.15) is 0 Å². The van der Waals surface area contributed by atoms with E-state index in [1.165, 1.54) is 12.7 Å². The predicted octanol–water partition coefficient (Wildman–Crippen LogP) is -1.80. The number of carbonyl (C=O) groups is 3. The van der Waals surface area contributed by atoms with E-state index in [1.54, 1.807) is 21.8 Å². The van der Waals surface area contributed by atoms with Gasteiger partial charge in [-0.1, -0.05) is 0 Å². The number of carbonyl (C=O) groups excluding carboxylic acids is 3. The molecule has 0 atom stereocenters. The molecule has 286 valence electrons. The van der Waals surface area contributed by atoms with Gasteiger partial charge in [0.1, 0.15) is 23.7 Å². The van der Waals surface area contributed by atoms with Crippen LogP contribution in [0.1, 0.15) is 12.8 Å². The molecule has 0 unspecified atom stereocenters. The van der Waals surface area contributed by atoms with Crippen molar-refractivity contribution in [3.63, 3.8) is 0 Å². The van der Waals surface area contributed by atoms with E-state index in [0.29, 0.717) is 139 Å². The Labute approximate surface area is 301 Å². The average molecular weight is 731 g/mol. The van der Waals surface area contributed by atoms with Crippen molar-refractivity contribution in [2.45, 2.75) is 25.9 Å². The summed E-state index contributed by atoms with van der Waals surface area (Å²) in [6, 6.07) is 0. The summed E-state index contributed by atoms with van der Waals surface area (Å²) >= 11 is 0. The second-order valence-electron chi connectivity index (χ2n) is 11.3. The van der Waals surface area contributed by atoms with Crippen LogP contribution in [-0.4, -0.2) is 155 Å². The monoisotopic (exact) mass is 730 g/mol. The average Bonchev–Trinajstić information content (AvgIpc) is 3.75. The van der Waals surface area contributed by atoms with Crippen molar-refractivity contribution in [2.24, 2.45) is 0 Å². The Bertz CT molecular complexity index is 1630. The van der Waals surface area contributed by atoms with E-state index in [4.69, 9.17) is 30.4 Å². The molecule has 4 rings (SSSR count). The van der Waals surface area contributed by atoms with Gasteiger partial charge in [0, 0.05) is 52.1 Å². The van der Waals surface area contributed by atoms with Crippen molar-refractivity contribution in [1.82, 2.24) is 59.9 Å². The van der Waals surface area contributed by atoms with Crippen LogP contribution in [0.4, 0.5) is 11.6 Å². The number of amides is 3. The molecule has 0 aliphatic heterocycles. The fourth-order valence-electron chi connectivity index (χ4n) is 4.35. The zero-order valence-corrected chi connectivity index (χ0v) is 29.7. The third-order valence-electron chi connectivity index (χ3n) is 7.06. The van der Waals surface area contributed by atoms with E-state index in [0.717, 1.165) is 6.54 Å². The number of hydrogen-bond acceptors (Lipinski definition) is 16. The van der Waals surface area contributed by atoms with Crippen molar-refractivity contribution in [3.8, 4) is 0 Å². The molecule has 0 saturated carbocycles. The Hall–Kier alpha value is -5.09. The maximum atomic E-state index is 11.9. The normalized spacial score (nSPS) is 11.1. The van der Waals surface area contributed by atoms with Gasteiger partial charge in [0.15, 0.2) is 22.9 Å². The summed E-state index contributed by atoms with van der Waals surface area (Å²) in [4.78, 5) is 60.2. The standard InChI is InChI=1S/C16H27N7O3.C15H23N7O4/c1-22(2)6-8-26-10-9-25-7-4-18-13(24)3-5-23-12-21-14-15(17)19-11-20-16(14)23;16-14-13-15(20-9-19-14)22(10-21-13)4-1-12(24)18-3-6-26-8-7-25-5-2-17-11-23/h11-12H,3-10H2,1-2H3,(H,18,24)(H2,17,19,20);9-11H,1-8H2,(H,17,23)(H,18,24)(H2,16,19,20). The summed E-state index contributed by atoms with van der Waals surface area (Å²) in [6.07, 6.45) is 7.21. The van der Waals surface area contributed by atoms with Crippen molar-refractivity contribution < 1.29 is 33.3 Å². The van der Waals surface area contributed by atoms with E-state index in [-0.39, 0.29) is 11.8 Å². The number of nitrogens with two attached hydrogens (primary N) is 2. The van der Waals surface area contributed by atoms with Gasteiger partial charge in [-0.25, -0.2) is 29.9 Å². The van der Waals surface area contributed by atoms with Crippen molar-refractivity contribution >= 4 is 52.2 Å². The molecule has 0 spiro atoms. The zero-order valence-electron chi connectivity index (χ0n) is 29.7. The lowest BCUT2D eigenvalue weighted by molar-refractivity contribution is -0.122. The SMILES string of the molecule is CN(C)CCOCCOCCNC(=O)CCn1cnc2c(N)ncnc21.Nc1ncnc2c1ncn2CCC(=O)NCCOCCOCCNC=O. The van der Waals surface area contributed by atoms with Gasteiger partial charge in [0.05, 0.1) is 65.5 Å². The number of aryl methyl sites for hydroxylation is 2. The fourth-order valence-corrected chi connectivity index (χ4v) is 4.35. The maximum absolute atomic E-state index is 11.9. The Balaban J connectivity index is 0.000000280. The third-order valence-corrected chi connectivity index (χ3v) is 7.06. The van der Waals surface area contributed by atoms with Crippen molar-refractivity contribution in [2.75, 3.05) is 105 Å². The van der Waals surface area contributed by atoms with Crippen LogP contribution >= 0.6 is 0 Å². The van der Waals surface area contributed by atoms with Crippen LogP contribution in [0.15, 0.2) is 25.3 Å². The van der Waals surface area contributed by atoms with Crippen molar-refractivity contribution in [3.05, 3.63) is 25.3 Å². The Morgan fingerprint density at radius 3 is 1.56 bits per heavy atom. The van der Waals surface area contributed by atoms with Crippen molar-refractivity contribution in [1.29, 1.82) is 0 Å². The third kappa shape index (κ3) is 15.4. The molecule has 3 amide bonds. The molecule has 4 heterocycles. The molecule has 4 aromatic heterocycles. The van der Waals surface area contributed by atoms with E-state index in [9.17, 15) is 14.4 Å². The number of nitrogens with zero attached hydrogens (tertiary/aromatic N) is 9. The highest BCUT2D eigenvalue weighted by molar-refractivity contribution is 5.82. The van der Waals surface area contributed by atoms with Gasteiger partial charge in [-0.15, -0.1) is 0 Å². The lowest BCUT2D eigenvalue weighted by atomic mass is 10.4. The highest BCUT2D eigenvalue weighted by atomic mass is 16.5. The molecule has 0 bridgehead atoms. The molecule has 4 aromatic rings. The lowest BCUT2D eigenvalue weighted by Crippen LogP contribution is -2.28. The molecule has 0 aliphatic carbocycles. The first kappa shape index (κ1) is 41.3. The Kier molecular flexibility index (Phi) is 19.2. The zero-order chi connectivity index (χ0) is 37.4. The predicted molar refractivity (Wildman–Crippen MR) is 191 cm³/mol. The van der Waals surface area contributed by atoms with E-state index < -0.39 is 0 Å². The number of rotatable bonds is 25. The van der Waals surface area contributed by atoms with Gasteiger partial charge in [0.2, 0.25) is 18.2 Å². The van der Waals surface area contributed by atoms with Crippen LogP contribution in [-0.2, 0) is 46.4 Å². The number of nitrogen functional groups attached to an aromatic ring is 2. The number of hydrogen-bond donors (Lipinski definition) is 5. The molecular formula is C31H50N14O7. The highest BCUT2D eigenvalue weighted by Gasteiger charge is 2.10. The highest BCUT2D eigenvalue weighted by Crippen LogP contribution is 2.15. The summed E-state index contributed by atoms with van der Waals surface area (Å²) < 4.78 is 24.9. The van der Waals surface area contributed by atoms with E-state index >= 15 is 0 Å². The minimum Gasteiger partial charge on any atom is -0.382 e. The van der Waals surface area contributed by atoms with Crippen LogP contribution in [0.5, 0.6) is 0 Å². The van der Waals surface area contributed by atoms with E-state index in [2.05, 4.69) is 50.8 Å². The lowest BCUT2D eigenvalue weighted by Gasteiger charge is -2.10.